The summed E-state index contributed by atoms with van der Waals surface area (Å²) in [4.78, 5) is 22.9. The third kappa shape index (κ3) is 3.43. The number of rotatable bonds is 4. The molecule has 0 bridgehead atoms. The van der Waals surface area contributed by atoms with Gasteiger partial charge in [-0.15, -0.1) is 0 Å². The zero-order valence-electron chi connectivity index (χ0n) is 10.4. The van der Waals surface area contributed by atoms with Gasteiger partial charge in [0.15, 0.2) is 0 Å². The number of hydrogen-bond acceptors (Lipinski definition) is 3. The van der Waals surface area contributed by atoms with Crippen molar-refractivity contribution in [1.29, 1.82) is 0 Å². The quantitative estimate of drug-likeness (QED) is 0.638. The van der Waals surface area contributed by atoms with Crippen LogP contribution in [0.2, 0.25) is 0 Å². The Labute approximate surface area is 102 Å². The van der Waals surface area contributed by atoms with E-state index in [0.717, 1.165) is 38.5 Å². The molecule has 1 amide bonds. The summed E-state index contributed by atoms with van der Waals surface area (Å²) in [6, 6.07) is -0.853. The van der Waals surface area contributed by atoms with Gasteiger partial charge < -0.3 is 16.2 Å². The molecule has 17 heavy (non-hydrogen) atoms. The molecule has 1 aliphatic carbocycles. The Kier molecular flexibility index (Phi) is 4.93. The lowest BCUT2D eigenvalue weighted by Gasteiger charge is -2.30. The average molecular weight is 242 g/mol. The molecule has 98 valence electrons. The molecule has 0 saturated heterocycles. The van der Waals surface area contributed by atoms with Crippen molar-refractivity contribution in [1.82, 2.24) is 5.32 Å². The summed E-state index contributed by atoms with van der Waals surface area (Å²) >= 11 is 0. The van der Waals surface area contributed by atoms with E-state index in [1.807, 2.05) is 0 Å². The zero-order chi connectivity index (χ0) is 12.9. The Morgan fingerprint density at radius 1 is 1.29 bits per heavy atom. The van der Waals surface area contributed by atoms with Gasteiger partial charge in [-0.25, -0.2) is 0 Å². The van der Waals surface area contributed by atoms with E-state index in [0.29, 0.717) is 6.54 Å². The second-order valence-corrected chi connectivity index (χ2v) is 4.93. The standard InChI is InChI=1S/C12H22N2O3/c1-9(10(15)16)14-11(17)12(8-13)6-4-2-3-5-7-12/h9H,2-8,13H2,1H3,(H,14,17)(H,15,16). The maximum absolute atomic E-state index is 12.2. The first-order chi connectivity index (χ1) is 8.02. The monoisotopic (exact) mass is 242 g/mol. The number of nitrogens with one attached hydrogen (secondary N) is 1. The van der Waals surface area contributed by atoms with Crippen molar-refractivity contribution < 1.29 is 14.7 Å². The SMILES string of the molecule is CC(NC(=O)C1(CN)CCCCCC1)C(=O)O. The van der Waals surface area contributed by atoms with Gasteiger partial charge in [0, 0.05) is 6.54 Å². The Hall–Kier alpha value is -1.10. The van der Waals surface area contributed by atoms with Crippen LogP contribution in [0.25, 0.3) is 0 Å². The maximum atomic E-state index is 12.2. The first-order valence-electron chi connectivity index (χ1n) is 6.26. The third-order valence-corrected chi connectivity index (χ3v) is 3.65. The molecule has 1 atom stereocenters. The molecule has 0 aromatic carbocycles. The van der Waals surface area contributed by atoms with Crippen LogP contribution in [0.3, 0.4) is 0 Å². The van der Waals surface area contributed by atoms with Gasteiger partial charge in [0.05, 0.1) is 5.41 Å². The van der Waals surface area contributed by atoms with Crippen molar-refractivity contribution in [3.63, 3.8) is 0 Å². The number of carbonyl (C=O) groups is 2. The third-order valence-electron chi connectivity index (χ3n) is 3.65. The normalized spacial score (nSPS) is 21.3. The highest BCUT2D eigenvalue weighted by atomic mass is 16.4. The van der Waals surface area contributed by atoms with Crippen LogP contribution in [0.4, 0.5) is 0 Å². The minimum atomic E-state index is -1.01. The van der Waals surface area contributed by atoms with Crippen molar-refractivity contribution in [3.05, 3.63) is 0 Å². The van der Waals surface area contributed by atoms with E-state index in [4.69, 9.17) is 10.8 Å². The van der Waals surface area contributed by atoms with Crippen LogP contribution in [0, 0.1) is 5.41 Å². The number of amides is 1. The highest BCUT2D eigenvalue weighted by molar-refractivity contribution is 5.87. The van der Waals surface area contributed by atoms with Gasteiger partial charge in [-0.2, -0.15) is 0 Å². The number of nitrogens with two attached hydrogens (primary N) is 1. The Balaban J connectivity index is 2.70. The summed E-state index contributed by atoms with van der Waals surface area (Å²) in [5.41, 5.74) is 5.20. The molecule has 5 heteroatoms. The van der Waals surface area contributed by atoms with E-state index in [1.54, 1.807) is 0 Å². The van der Waals surface area contributed by atoms with Crippen LogP contribution >= 0.6 is 0 Å². The summed E-state index contributed by atoms with van der Waals surface area (Å²) in [7, 11) is 0. The zero-order valence-corrected chi connectivity index (χ0v) is 10.4. The van der Waals surface area contributed by atoms with Gasteiger partial charge in [0.1, 0.15) is 6.04 Å². The molecular formula is C12H22N2O3. The van der Waals surface area contributed by atoms with Crippen molar-refractivity contribution in [3.8, 4) is 0 Å². The molecule has 0 spiro atoms. The Morgan fingerprint density at radius 2 is 1.82 bits per heavy atom. The lowest BCUT2D eigenvalue weighted by molar-refractivity contribution is -0.143. The van der Waals surface area contributed by atoms with Gasteiger partial charge >= 0.3 is 5.97 Å². The fourth-order valence-corrected chi connectivity index (χ4v) is 2.34. The van der Waals surface area contributed by atoms with Crippen LogP contribution in [-0.4, -0.2) is 29.6 Å². The molecule has 0 aliphatic heterocycles. The summed E-state index contributed by atoms with van der Waals surface area (Å²) < 4.78 is 0. The van der Waals surface area contributed by atoms with E-state index in [-0.39, 0.29) is 5.91 Å². The van der Waals surface area contributed by atoms with Crippen LogP contribution in [-0.2, 0) is 9.59 Å². The second kappa shape index (κ2) is 6.00. The minimum absolute atomic E-state index is 0.197. The second-order valence-electron chi connectivity index (χ2n) is 4.93. The van der Waals surface area contributed by atoms with Crippen LogP contribution in [0.1, 0.15) is 45.4 Å². The molecule has 1 aliphatic rings. The molecule has 0 aromatic rings. The van der Waals surface area contributed by atoms with E-state index in [2.05, 4.69) is 5.32 Å². The molecule has 0 aromatic heterocycles. The number of carboxylic acid groups (broad SMARTS) is 1. The predicted octanol–water partition coefficient (Wildman–Crippen LogP) is 0.875. The highest BCUT2D eigenvalue weighted by Gasteiger charge is 2.38. The van der Waals surface area contributed by atoms with Crippen LogP contribution in [0.5, 0.6) is 0 Å². The van der Waals surface area contributed by atoms with Gasteiger partial charge in [0.2, 0.25) is 5.91 Å². The maximum Gasteiger partial charge on any atom is 0.325 e. The first kappa shape index (κ1) is 14.0. The van der Waals surface area contributed by atoms with E-state index < -0.39 is 17.4 Å². The fraction of sp³-hybridized carbons (Fsp3) is 0.833. The lowest BCUT2D eigenvalue weighted by atomic mass is 9.79. The van der Waals surface area contributed by atoms with E-state index in [1.165, 1.54) is 6.92 Å². The molecule has 0 radical (unpaired) electrons. The largest absolute Gasteiger partial charge is 0.480 e. The minimum Gasteiger partial charge on any atom is -0.480 e. The number of carboxylic acids is 1. The molecular weight excluding hydrogens is 220 g/mol. The van der Waals surface area contributed by atoms with E-state index >= 15 is 0 Å². The van der Waals surface area contributed by atoms with Crippen molar-refractivity contribution in [2.75, 3.05) is 6.54 Å². The lowest BCUT2D eigenvalue weighted by Crippen LogP contribution is -2.50. The fourth-order valence-electron chi connectivity index (χ4n) is 2.34. The number of aliphatic carboxylic acids is 1. The average Bonchev–Trinajstić information content (AvgIpc) is 2.54. The van der Waals surface area contributed by atoms with Crippen molar-refractivity contribution >= 4 is 11.9 Å². The molecule has 1 rings (SSSR count). The molecule has 1 unspecified atom stereocenters. The number of carbonyl (C=O) groups excluding carboxylic acids is 1. The molecule has 1 saturated carbocycles. The van der Waals surface area contributed by atoms with Gasteiger partial charge in [-0.3, -0.25) is 9.59 Å². The molecule has 4 N–H and O–H groups in total. The smallest absolute Gasteiger partial charge is 0.325 e. The summed E-state index contributed by atoms with van der Waals surface area (Å²) in [5.74, 6) is -1.21. The van der Waals surface area contributed by atoms with E-state index in [9.17, 15) is 9.59 Å². The predicted molar refractivity (Wildman–Crippen MR) is 64.4 cm³/mol. The first-order valence-corrected chi connectivity index (χ1v) is 6.26. The highest BCUT2D eigenvalue weighted by Crippen LogP contribution is 2.34. The summed E-state index contributed by atoms with van der Waals surface area (Å²) in [6.07, 6.45) is 5.77. The van der Waals surface area contributed by atoms with Crippen LogP contribution in [0.15, 0.2) is 0 Å². The van der Waals surface area contributed by atoms with Gasteiger partial charge in [-0.1, -0.05) is 25.7 Å². The van der Waals surface area contributed by atoms with Gasteiger partial charge in [0.25, 0.3) is 0 Å². The summed E-state index contributed by atoms with van der Waals surface area (Å²) in [5, 5.41) is 11.3. The molecule has 1 fully saturated rings. The Bertz CT molecular complexity index is 283. The van der Waals surface area contributed by atoms with Crippen LogP contribution < -0.4 is 11.1 Å². The van der Waals surface area contributed by atoms with Crippen molar-refractivity contribution in [2.24, 2.45) is 11.1 Å². The Morgan fingerprint density at radius 3 is 2.24 bits per heavy atom. The van der Waals surface area contributed by atoms with Crippen molar-refractivity contribution in [2.45, 2.75) is 51.5 Å². The summed E-state index contributed by atoms with van der Waals surface area (Å²) in [6.45, 7) is 1.77. The van der Waals surface area contributed by atoms with Gasteiger partial charge in [-0.05, 0) is 19.8 Å². The topological polar surface area (TPSA) is 92.4 Å². The molecule has 5 nitrogen and oxygen atoms in total. The molecule has 0 heterocycles. The number of hydrogen-bond donors (Lipinski definition) is 3.